The third-order valence-electron chi connectivity index (χ3n) is 6.87. The molecule has 2 heterocycles. The van der Waals surface area contributed by atoms with Crippen LogP contribution >= 0.6 is 11.5 Å². The highest BCUT2D eigenvalue weighted by Gasteiger charge is 2.40. The van der Waals surface area contributed by atoms with E-state index < -0.39 is 5.60 Å². The lowest BCUT2D eigenvalue weighted by Gasteiger charge is -2.38. The van der Waals surface area contributed by atoms with E-state index in [0.717, 1.165) is 39.0 Å². The Morgan fingerprint density at radius 3 is 2.00 bits per heavy atom. The van der Waals surface area contributed by atoms with Crippen molar-refractivity contribution in [3.8, 4) is 0 Å². The van der Waals surface area contributed by atoms with Crippen molar-refractivity contribution < 1.29 is 9.53 Å². The molecule has 0 N–H and O–H groups in total. The van der Waals surface area contributed by atoms with E-state index in [2.05, 4.69) is 46.0 Å². The number of carbonyl (C=O) groups excluding carboxylic acids is 1. The van der Waals surface area contributed by atoms with Crippen molar-refractivity contribution in [2.24, 2.45) is 0 Å². The third-order valence-corrected chi connectivity index (χ3v) is 7.55. The van der Waals surface area contributed by atoms with Gasteiger partial charge in [0.25, 0.3) is 0 Å². The highest BCUT2D eigenvalue weighted by Crippen LogP contribution is 2.41. The molecule has 178 valence electrons. The molecule has 6 rings (SSSR count). The Morgan fingerprint density at radius 2 is 1.42 bits per heavy atom. The fourth-order valence-electron chi connectivity index (χ4n) is 5.16. The summed E-state index contributed by atoms with van der Waals surface area (Å²) in [4.78, 5) is 14.9. The number of hydrogen-bond donors (Lipinski definition) is 0. The number of aromatic nitrogens is 2. The summed E-state index contributed by atoms with van der Waals surface area (Å²) >= 11 is 1.34. The van der Waals surface area contributed by atoms with E-state index in [0.29, 0.717) is 13.0 Å². The normalized spacial score (nSPS) is 16.1. The van der Waals surface area contributed by atoms with Gasteiger partial charge in [-0.15, -0.1) is 5.10 Å². The van der Waals surface area contributed by atoms with E-state index in [1.54, 1.807) is 0 Å². The van der Waals surface area contributed by atoms with Crippen LogP contribution in [0.4, 0.5) is 5.69 Å². The van der Waals surface area contributed by atoms with Crippen molar-refractivity contribution >= 4 is 33.3 Å². The fraction of sp³-hybridized carbons (Fsp3) is 0.167. The lowest BCUT2D eigenvalue weighted by molar-refractivity contribution is -0.117. The summed E-state index contributed by atoms with van der Waals surface area (Å²) in [5, 5.41) is 4.13. The Hall–Kier alpha value is -3.87. The van der Waals surface area contributed by atoms with Gasteiger partial charge in [-0.25, -0.2) is 0 Å². The number of hydrogen-bond acceptors (Lipinski definition) is 5. The van der Waals surface area contributed by atoms with Gasteiger partial charge in [0.15, 0.2) is 0 Å². The van der Waals surface area contributed by atoms with E-state index >= 15 is 0 Å². The minimum Gasteiger partial charge on any atom is -0.359 e. The minimum absolute atomic E-state index is 0.0775. The second kappa shape index (κ2) is 9.64. The van der Waals surface area contributed by atoms with Gasteiger partial charge in [-0.3, -0.25) is 4.79 Å². The molecule has 1 saturated heterocycles. The van der Waals surface area contributed by atoms with Crippen LogP contribution in [0.2, 0.25) is 0 Å². The van der Waals surface area contributed by atoms with Crippen LogP contribution in [0.5, 0.6) is 0 Å². The Bertz CT molecular complexity index is 1380. The van der Waals surface area contributed by atoms with Gasteiger partial charge in [-0.1, -0.05) is 95.5 Å². The Kier molecular flexibility index (Phi) is 6.05. The Balaban J connectivity index is 1.41. The van der Waals surface area contributed by atoms with Gasteiger partial charge < -0.3 is 9.64 Å². The summed E-state index contributed by atoms with van der Waals surface area (Å²) in [5.41, 5.74) is 4.06. The fourth-order valence-corrected chi connectivity index (χ4v) is 5.76. The van der Waals surface area contributed by atoms with E-state index in [-0.39, 0.29) is 11.9 Å². The number of rotatable bonds is 7. The molecule has 4 aromatic carbocycles. The molecule has 36 heavy (non-hydrogen) atoms. The molecule has 0 unspecified atom stereocenters. The molecule has 1 atom stereocenters. The molecule has 1 amide bonds. The van der Waals surface area contributed by atoms with Crippen LogP contribution in [-0.2, 0) is 15.1 Å². The van der Waals surface area contributed by atoms with E-state index in [9.17, 15) is 4.79 Å². The van der Waals surface area contributed by atoms with Gasteiger partial charge in [-0.05, 0) is 52.8 Å². The number of fused-ring (bicyclic) bond motifs is 1. The van der Waals surface area contributed by atoms with Crippen molar-refractivity contribution in [2.45, 2.75) is 24.5 Å². The first-order valence-corrected chi connectivity index (χ1v) is 12.9. The lowest BCUT2D eigenvalue weighted by Crippen LogP contribution is -2.41. The number of ether oxygens (including phenoxy) is 1. The van der Waals surface area contributed by atoms with Crippen molar-refractivity contribution in [2.75, 3.05) is 11.5 Å². The first kappa shape index (κ1) is 22.6. The topological polar surface area (TPSA) is 55.3 Å². The summed E-state index contributed by atoms with van der Waals surface area (Å²) < 4.78 is 12.0. The van der Waals surface area contributed by atoms with Gasteiger partial charge >= 0.3 is 0 Å². The van der Waals surface area contributed by atoms with Gasteiger partial charge in [0.05, 0.1) is 17.3 Å². The molecule has 1 aliphatic rings. The summed E-state index contributed by atoms with van der Waals surface area (Å²) in [7, 11) is 0. The van der Waals surface area contributed by atoms with E-state index in [1.807, 2.05) is 77.7 Å². The quantitative estimate of drug-likeness (QED) is 0.255. The zero-order chi connectivity index (χ0) is 24.4. The number of carbonyl (C=O) groups is 1. The molecule has 1 fully saturated rings. The van der Waals surface area contributed by atoms with E-state index in [4.69, 9.17) is 4.74 Å². The molecule has 5 aromatic rings. The highest BCUT2D eigenvalue weighted by atomic mass is 32.1. The molecular formula is C30H25N3O2S. The molecule has 0 radical (unpaired) electrons. The van der Waals surface area contributed by atoms with Crippen molar-refractivity contribution in [3.63, 3.8) is 0 Å². The van der Waals surface area contributed by atoms with Crippen LogP contribution in [0.1, 0.15) is 29.5 Å². The van der Waals surface area contributed by atoms with Crippen LogP contribution in [0, 0.1) is 0 Å². The van der Waals surface area contributed by atoms with Gasteiger partial charge in [0.1, 0.15) is 11.1 Å². The first-order chi connectivity index (χ1) is 17.8. The molecule has 5 nitrogen and oxygen atoms in total. The molecule has 1 aromatic heterocycles. The highest BCUT2D eigenvalue weighted by molar-refractivity contribution is 7.12. The molecule has 1 aliphatic heterocycles. The summed E-state index contributed by atoms with van der Waals surface area (Å²) in [6, 6.07) is 36.8. The molecule has 0 spiro atoms. The van der Waals surface area contributed by atoms with Crippen molar-refractivity contribution in [1.82, 2.24) is 9.59 Å². The van der Waals surface area contributed by atoms with Crippen LogP contribution in [0.25, 0.3) is 10.2 Å². The van der Waals surface area contributed by atoms with Crippen LogP contribution in [0.3, 0.4) is 0 Å². The van der Waals surface area contributed by atoms with Gasteiger partial charge in [0, 0.05) is 12.1 Å². The minimum atomic E-state index is -0.813. The molecule has 0 aliphatic carbocycles. The van der Waals surface area contributed by atoms with Crippen LogP contribution in [0.15, 0.2) is 109 Å². The average Bonchev–Trinajstić information content (AvgIpc) is 3.56. The predicted octanol–water partition coefficient (Wildman–Crippen LogP) is 6.20. The monoisotopic (exact) mass is 491 g/mol. The largest absolute Gasteiger partial charge is 0.359 e. The smallest absolute Gasteiger partial charge is 0.227 e. The average molecular weight is 492 g/mol. The second-order valence-electron chi connectivity index (χ2n) is 8.97. The number of nitrogens with zero attached hydrogens (tertiary/aromatic N) is 3. The summed E-state index contributed by atoms with van der Waals surface area (Å²) in [6.45, 7) is 0.392. The van der Waals surface area contributed by atoms with Crippen LogP contribution < -0.4 is 4.90 Å². The maximum Gasteiger partial charge on any atom is 0.227 e. The molecule has 6 heteroatoms. The zero-order valence-electron chi connectivity index (χ0n) is 19.7. The third kappa shape index (κ3) is 3.98. The van der Waals surface area contributed by atoms with Gasteiger partial charge in [-0.2, -0.15) is 0 Å². The van der Waals surface area contributed by atoms with E-state index in [1.165, 1.54) is 11.5 Å². The van der Waals surface area contributed by atoms with Crippen LogP contribution in [-0.4, -0.2) is 28.1 Å². The number of benzene rings is 4. The van der Waals surface area contributed by atoms with Crippen molar-refractivity contribution in [3.05, 3.63) is 126 Å². The standard InChI is InChI=1S/C30H25N3O2S/c34-29-19-17-26(33(29)25-16-18-27-28(20-25)36-32-31-27)21-35-30(22-10-4-1-5-11-22,23-12-6-2-7-13-23)24-14-8-3-9-15-24/h1-16,18,20,26H,17,19,21H2/t26-/m1/s1. The first-order valence-electron chi connectivity index (χ1n) is 12.1. The zero-order valence-corrected chi connectivity index (χ0v) is 20.5. The SMILES string of the molecule is O=C1CC[C@H](COC(c2ccccc2)(c2ccccc2)c2ccccc2)N1c1ccc2nnsc2c1. The maximum absolute atomic E-state index is 13.0. The summed E-state index contributed by atoms with van der Waals surface area (Å²) in [5.74, 6) is 0.116. The molecule has 0 bridgehead atoms. The van der Waals surface area contributed by atoms with Gasteiger partial charge in [0.2, 0.25) is 5.91 Å². The summed E-state index contributed by atoms with van der Waals surface area (Å²) in [6.07, 6.45) is 1.24. The maximum atomic E-state index is 13.0. The predicted molar refractivity (Wildman–Crippen MR) is 143 cm³/mol. The second-order valence-corrected chi connectivity index (χ2v) is 9.76. The van der Waals surface area contributed by atoms with Crippen molar-refractivity contribution in [1.29, 1.82) is 0 Å². The Morgan fingerprint density at radius 1 is 0.833 bits per heavy atom. The lowest BCUT2D eigenvalue weighted by atomic mass is 9.80. The number of amides is 1. The molecular weight excluding hydrogens is 466 g/mol. The number of anilines is 1. The molecule has 0 saturated carbocycles. The Labute approximate surface area is 214 Å².